The Balaban J connectivity index is 1.51. The van der Waals surface area contributed by atoms with E-state index in [-0.39, 0.29) is 15.8 Å². The molecule has 4 fully saturated rings. The van der Waals surface area contributed by atoms with E-state index in [2.05, 4.69) is 79.7 Å². The predicted molar refractivity (Wildman–Crippen MR) is 119 cm³/mol. The third-order valence-electron chi connectivity index (χ3n) is 9.26. The third-order valence-corrected chi connectivity index (χ3v) is 16.1. The molecule has 2 aliphatic heterocycles. The highest BCUT2D eigenvalue weighted by Crippen LogP contribution is 2.80. The summed E-state index contributed by atoms with van der Waals surface area (Å²) in [5, 5.41) is 3.63. The van der Waals surface area contributed by atoms with Crippen molar-refractivity contribution in [1.82, 2.24) is 0 Å². The molecule has 0 amide bonds. The van der Waals surface area contributed by atoms with Gasteiger partial charge in [-0.15, -0.1) is 0 Å². The van der Waals surface area contributed by atoms with Gasteiger partial charge in [-0.05, 0) is 67.7 Å². The zero-order chi connectivity index (χ0) is 18.8. The van der Waals surface area contributed by atoms with E-state index in [9.17, 15) is 0 Å². The molecule has 2 aliphatic carbocycles. The van der Waals surface area contributed by atoms with Crippen LogP contribution in [0.5, 0.6) is 0 Å². The van der Waals surface area contributed by atoms with Gasteiger partial charge in [0, 0.05) is 0 Å². The van der Waals surface area contributed by atoms with Gasteiger partial charge in [-0.2, -0.15) is 0 Å². The van der Waals surface area contributed by atoms with E-state index in [1.54, 1.807) is 0 Å². The van der Waals surface area contributed by atoms with Crippen molar-refractivity contribution < 1.29 is 0 Å². The van der Waals surface area contributed by atoms with Crippen molar-refractivity contribution >= 4 is 26.5 Å². The molecule has 0 unspecified atom stereocenters. The summed E-state index contributed by atoms with van der Waals surface area (Å²) in [6.45, 7) is 20.5. The van der Waals surface area contributed by atoms with Crippen LogP contribution in [0.4, 0.5) is 0 Å². The molecule has 0 bridgehead atoms. The zero-order valence-corrected chi connectivity index (χ0v) is 19.6. The summed E-state index contributed by atoms with van der Waals surface area (Å²) in [6, 6.07) is 9.76. The van der Waals surface area contributed by atoms with Crippen molar-refractivity contribution in [3.8, 4) is 0 Å². The Labute approximate surface area is 163 Å². The fraction of sp³-hybridized carbons (Fsp3) is 0.750. The standard InChI is InChI=1S/C24H36P2/c1-13-19-20(23(19,5)6)14(2)25(13)17-11-9-10-12-18(17)26-15(3)21-22(16(26)4)24(21,7)8/h9-16,19-22H,1-8H3/t13-,14-,15-,16-,19-,20-,21-,22-/m0/s1. The van der Waals surface area contributed by atoms with Crippen LogP contribution in [0.2, 0.25) is 0 Å². The predicted octanol–water partition coefficient (Wildman–Crippen LogP) is 6.03. The summed E-state index contributed by atoms with van der Waals surface area (Å²) < 4.78 is 0. The van der Waals surface area contributed by atoms with Gasteiger partial charge in [-0.25, -0.2) is 0 Å². The molecule has 2 heterocycles. The van der Waals surface area contributed by atoms with E-state index in [1.165, 1.54) is 0 Å². The van der Waals surface area contributed by atoms with Gasteiger partial charge in [-0.3, -0.25) is 0 Å². The van der Waals surface area contributed by atoms with Crippen molar-refractivity contribution in [2.24, 2.45) is 34.5 Å². The van der Waals surface area contributed by atoms with Crippen LogP contribution < -0.4 is 10.6 Å². The van der Waals surface area contributed by atoms with Crippen LogP contribution in [-0.4, -0.2) is 22.6 Å². The minimum absolute atomic E-state index is 0.00724. The van der Waals surface area contributed by atoms with E-state index in [0.29, 0.717) is 10.8 Å². The van der Waals surface area contributed by atoms with Gasteiger partial charge in [0.1, 0.15) is 0 Å². The molecule has 1 aromatic rings. The maximum atomic E-state index is 2.59. The fourth-order valence-corrected chi connectivity index (χ4v) is 17.1. The molecule has 0 nitrogen and oxygen atoms in total. The van der Waals surface area contributed by atoms with Crippen LogP contribution in [0.15, 0.2) is 24.3 Å². The third kappa shape index (κ3) is 2.05. The number of fused-ring (bicyclic) bond motifs is 2. The molecule has 2 heteroatoms. The maximum absolute atomic E-state index is 2.59. The lowest BCUT2D eigenvalue weighted by Crippen LogP contribution is -2.33. The van der Waals surface area contributed by atoms with Crippen LogP contribution in [0.1, 0.15) is 55.4 Å². The Bertz CT molecular complexity index is 651. The first-order valence-electron chi connectivity index (χ1n) is 10.8. The van der Waals surface area contributed by atoms with Crippen LogP contribution in [0, 0.1) is 34.5 Å². The molecule has 2 saturated heterocycles. The highest BCUT2D eigenvalue weighted by atomic mass is 31.1. The van der Waals surface area contributed by atoms with Gasteiger partial charge in [-0.1, -0.05) is 95.5 Å². The average Bonchev–Trinajstić information content (AvgIpc) is 3.22. The molecular formula is C24H36P2. The molecular weight excluding hydrogens is 350 g/mol. The van der Waals surface area contributed by atoms with Gasteiger partial charge in [0.25, 0.3) is 0 Å². The first-order valence-corrected chi connectivity index (χ1v) is 13.7. The Kier molecular flexibility index (Phi) is 3.74. The summed E-state index contributed by atoms with van der Waals surface area (Å²) in [5.41, 5.74) is 4.87. The first-order chi connectivity index (χ1) is 12.1. The summed E-state index contributed by atoms with van der Waals surface area (Å²) in [4.78, 5) is 0. The highest BCUT2D eigenvalue weighted by Gasteiger charge is 2.71. The fourth-order valence-electron chi connectivity index (χ4n) is 8.34. The molecule has 4 aliphatic rings. The second kappa shape index (κ2) is 5.36. The quantitative estimate of drug-likeness (QED) is 0.545. The lowest BCUT2D eigenvalue weighted by atomic mass is 10.1. The molecule has 142 valence electrons. The molecule has 26 heavy (non-hydrogen) atoms. The molecule has 0 radical (unpaired) electrons. The van der Waals surface area contributed by atoms with Crippen LogP contribution in [0.25, 0.3) is 0 Å². The normalized spacial score (nSPS) is 52.5. The monoisotopic (exact) mass is 386 g/mol. The van der Waals surface area contributed by atoms with Crippen molar-refractivity contribution in [3.05, 3.63) is 24.3 Å². The van der Waals surface area contributed by atoms with Gasteiger partial charge >= 0.3 is 0 Å². The Morgan fingerprint density at radius 3 is 1.12 bits per heavy atom. The molecule has 8 atom stereocenters. The topological polar surface area (TPSA) is 0 Å². The molecule has 2 saturated carbocycles. The van der Waals surface area contributed by atoms with Crippen molar-refractivity contribution in [2.45, 2.75) is 78.0 Å². The smallest absolute Gasteiger partial charge is 0.0158 e. The zero-order valence-electron chi connectivity index (χ0n) is 17.8. The first kappa shape index (κ1) is 18.1. The lowest BCUT2D eigenvalue weighted by Gasteiger charge is -2.36. The number of hydrogen-bond donors (Lipinski definition) is 0. The van der Waals surface area contributed by atoms with Crippen molar-refractivity contribution in [3.63, 3.8) is 0 Å². The molecule has 5 rings (SSSR count). The van der Waals surface area contributed by atoms with E-state index in [1.807, 2.05) is 10.6 Å². The SMILES string of the molecule is C[C@H]1[C@H]2[C@H]([C@H](C)P1c1ccccc1P1[C@@H](C)[C@H]3[C@H]([C@@H]1C)C3(C)C)C2(C)C. The maximum Gasteiger partial charge on any atom is -0.0158 e. The number of hydrogen-bond acceptors (Lipinski definition) is 0. The van der Waals surface area contributed by atoms with E-state index < -0.39 is 0 Å². The minimum atomic E-state index is 0.00724. The Morgan fingerprint density at radius 2 is 0.846 bits per heavy atom. The van der Waals surface area contributed by atoms with Gasteiger partial charge < -0.3 is 0 Å². The van der Waals surface area contributed by atoms with Crippen LogP contribution in [0.3, 0.4) is 0 Å². The molecule has 0 N–H and O–H groups in total. The van der Waals surface area contributed by atoms with Gasteiger partial charge in [0.2, 0.25) is 0 Å². The number of benzene rings is 1. The second-order valence-corrected chi connectivity index (χ2v) is 16.9. The Hall–Kier alpha value is 0.0800. The number of rotatable bonds is 2. The minimum Gasteiger partial charge on any atom is -0.0682 e. The van der Waals surface area contributed by atoms with E-state index >= 15 is 0 Å². The van der Waals surface area contributed by atoms with Crippen molar-refractivity contribution in [1.29, 1.82) is 0 Å². The largest absolute Gasteiger partial charge is 0.0682 e. The van der Waals surface area contributed by atoms with E-state index in [4.69, 9.17) is 0 Å². The van der Waals surface area contributed by atoms with Gasteiger partial charge in [0.15, 0.2) is 0 Å². The summed E-state index contributed by atoms with van der Waals surface area (Å²) in [6.07, 6.45) is 0. The lowest BCUT2D eigenvalue weighted by molar-refractivity contribution is 0.516. The Morgan fingerprint density at radius 1 is 0.577 bits per heavy atom. The molecule has 0 spiro atoms. The molecule has 1 aromatic carbocycles. The van der Waals surface area contributed by atoms with Gasteiger partial charge in [0.05, 0.1) is 0 Å². The summed E-state index contributed by atoms with van der Waals surface area (Å²) >= 11 is 0. The van der Waals surface area contributed by atoms with Crippen molar-refractivity contribution in [2.75, 3.05) is 0 Å². The average molecular weight is 387 g/mol. The van der Waals surface area contributed by atoms with Crippen LogP contribution in [-0.2, 0) is 0 Å². The molecule has 0 aromatic heterocycles. The summed E-state index contributed by atoms with van der Waals surface area (Å²) in [7, 11) is 0.0145. The van der Waals surface area contributed by atoms with Crippen LogP contribution >= 0.6 is 15.8 Å². The highest BCUT2D eigenvalue weighted by molar-refractivity contribution is 7.73. The second-order valence-electron chi connectivity index (χ2n) is 11.0. The van der Waals surface area contributed by atoms with E-state index in [0.717, 1.165) is 46.3 Å². The summed E-state index contributed by atoms with van der Waals surface area (Å²) in [5.74, 6) is 3.93.